The molecule has 18 amide bonds. The zero-order chi connectivity index (χ0) is 95.0. The van der Waals surface area contributed by atoms with Gasteiger partial charge in [-0.05, 0) is 122 Å². The van der Waals surface area contributed by atoms with E-state index in [1.54, 1.807) is 74.5 Å². The van der Waals surface area contributed by atoms with Gasteiger partial charge in [-0.2, -0.15) is 0 Å². The smallest absolute Gasteiger partial charge is 0.326 e. The van der Waals surface area contributed by atoms with Crippen molar-refractivity contribution in [1.82, 2.24) is 95.7 Å². The van der Waals surface area contributed by atoms with Crippen molar-refractivity contribution in [2.45, 2.75) is 229 Å². The largest absolute Gasteiger partial charge is 0.480 e. The Kier molecular flexibility index (Phi) is 49.4. The number of benzene rings is 2. The first kappa shape index (κ1) is 109. The van der Waals surface area contributed by atoms with Crippen molar-refractivity contribution < 1.29 is 106 Å². The summed E-state index contributed by atoms with van der Waals surface area (Å²) in [6, 6.07) is -6.01. The van der Waals surface area contributed by atoms with Gasteiger partial charge in [0.2, 0.25) is 106 Å². The Balaban J connectivity index is 2.26. The fourth-order valence-electron chi connectivity index (χ4n) is 11.7. The van der Waals surface area contributed by atoms with Crippen molar-refractivity contribution in [1.29, 1.82) is 10.8 Å². The number of carbonyl (C=O) groups excluding carboxylic acids is 18. The van der Waals surface area contributed by atoms with Crippen LogP contribution in [0.2, 0.25) is 0 Å². The molecule has 0 spiro atoms. The van der Waals surface area contributed by atoms with E-state index in [0.717, 1.165) is 19.4 Å². The molecular formula is C77H125N27O22. The van der Waals surface area contributed by atoms with Crippen LogP contribution < -0.4 is 136 Å². The summed E-state index contributed by atoms with van der Waals surface area (Å²) in [6.07, 6.45) is -3.40. The summed E-state index contributed by atoms with van der Waals surface area (Å²) >= 11 is 0. The molecule has 0 aromatic heterocycles. The number of primary amides is 2. The Morgan fingerprint density at radius 2 is 0.770 bits per heavy atom. The van der Waals surface area contributed by atoms with Crippen molar-refractivity contribution in [3.8, 4) is 0 Å². The lowest BCUT2D eigenvalue weighted by atomic mass is 10.0. The minimum atomic E-state index is -1.89. The zero-order valence-corrected chi connectivity index (χ0v) is 71.4. The van der Waals surface area contributed by atoms with Gasteiger partial charge in [-0.15, -0.1) is 0 Å². The fraction of sp³-hybridized carbons (Fsp3) is 0.571. The molecule has 0 fully saturated rings. The van der Waals surface area contributed by atoms with Crippen LogP contribution in [-0.2, 0) is 104 Å². The van der Waals surface area contributed by atoms with Crippen LogP contribution in [0.5, 0.6) is 0 Å². The molecule has 2 aromatic carbocycles. The molecule has 126 heavy (non-hydrogen) atoms. The van der Waals surface area contributed by atoms with E-state index in [4.69, 9.17) is 51.0 Å². The maximum atomic E-state index is 14.4. The number of aliphatic carboxylic acids is 1. The Bertz CT molecular complexity index is 4050. The lowest BCUT2D eigenvalue weighted by Crippen LogP contribution is -2.63. The van der Waals surface area contributed by atoms with E-state index in [1.807, 2.05) is 0 Å². The summed E-state index contributed by atoms with van der Waals surface area (Å²) in [6.45, 7) is 6.20. The molecular weight excluding hydrogens is 1660 g/mol. The van der Waals surface area contributed by atoms with Crippen LogP contribution in [0.15, 0.2) is 60.7 Å². The highest BCUT2D eigenvalue weighted by atomic mass is 16.4. The topological polar surface area (TPSA) is 831 Å². The maximum absolute atomic E-state index is 14.4. The average Bonchev–Trinajstić information content (AvgIpc) is 0.856. The van der Waals surface area contributed by atoms with Gasteiger partial charge in [-0.1, -0.05) is 74.5 Å². The normalized spacial score (nSPS) is 14.7. The number of carboxylic acids is 1. The summed E-state index contributed by atoms with van der Waals surface area (Å²) < 4.78 is 0. The van der Waals surface area contributed by atoms with Gasteiger partial charge in [0.25, 0.3) is 0 Å². The second kappa shape index (κ2) is 57.2. The van der Waals surface area contributed by atoms with Crippen molar-refractivity contribution in [3.05, 3.63) is 71.8 Å². The minimum Gasteiger partial charge on any atom is -0.480 e. The van der Waals surface area contributed by atoms with Crippen molar-refractivity contribution in [2.24, 2.45) is 46.1 Å². The third kappa shape index (κ3) is 43.2. The number of rotatable bonds is 59. The van der Waals surface area contributed by atoms with E-state index in [9.17, 15) is 106 Å². The predicted octanol–water partition coefficient (Wildman–Crippen LogP) is -11.8. The molecule has 0 aliphatic carbocycles. The van der Waals surface area contributed by atoms with Crippen LogP contribution in [0.1, 0.15) is 130 Å². The standard InChI is InChI=1S/C77H125N27O22/c1-38(2)30-51(69(119)93-42(6)64(114)100-53(33-56(82)108)70(120)99-50(75(125)126)25-26-55(81)107)101-67(117)47(22-14-15-27-78)98-66(116)48(23-16-28-87-76(83)84)96-63(113)41(5)94-72(122)54(37-105)102-74(124)60(39(3)79)103-68(118)49(24-17-29-88-77(85)86)97-62(112)40(4)92-58(110)36-91-73(123)61(43(7)106)104-71(121)52(32-45-20-12-9-13-21-45)95-59(111)35-89-57(109)34-90-65(115)46(80)31-44-18-10-8-11-19-44/h8-13,18-21,38-43,46-54,60-61,105-106H,14-17,22-37,78-80H2,1-7H3,(H2,81,107)(H2,82,108)(H,89,109)(H,90,115)(H,91,123)(H,92,110)(H,93,119)(H,94,122)(H,95,111)(H,96,113)(H,97,112)(H,98,116)(H,99,120)(H,100,114)(H,101,117)(H,102,124)(H,103,118)(H,104,121)(H,125,126)(H4,83,84,87)(H4,85,86,88)/t39?,40-,41-,42-,43+,46-,47-,48-,49-,50-,51-,52-,53-,54-,60-,61-/m0/s1. The van der Waals surface area contributed by atoms with Gasteiger partial charge in [0.1, 0.15) is 78.5 Å². The van der Waals surface area contributed by atoms with E-state index in [0.29, 0.717) is 12.0 Å². The number of unbranched alkanes of at least 4 members (excludes halogenated alkanes) is 1. The first-order chi connectivity index (χ1) is 59.3. The Labute approximate surface area is 726 Å². The average molecular weight is 1780 g/mol. The van der Waals surface area contributed by atoms with Gasteiger partial charge in [-0.25, -0.2) is 4.79 Å². The molecule has 0 heterocycles. The van der Waals surface area contributed by atoms with Gasteiger partial charge < -0.3 is 151 Å². The second-order valence-corrected chi connectivity index (χ2v) is 30.1. The van der Waals surface area contributed by atoms with Gasteiger partial charge >= 0.3 is 5.97 Å². The molecule has 0 radical (unpaired) electrons. The third-order valence-electron chi connectivity index (χ3n) is 18.6. The Morgan fingerprint density at radius 3 is 1.24 bits per heavy atom. The fourth-order valence-corrected chi connectivity index (χ4v) is 11.7. The summed E-state index contributed by atoms with van der Waals surface area (Å²) in [5, 5.41) is 88.9. The molecule has 49 nitrogen and oxygen atoms in total. The number of hydrogen-bond donors (Lipinski definition) is 30. The second-order valence-electron chi connectivity index (χ2n) is 30.1. The molecule has 0 aliphatic rings. The van der Waals surface area contributed by atoms with E-state index < -0.39 is 266 Å². The first-order valence-electron chi connectivity index (χ1n) is 40.6. The number of guanidine groups is 2. The highest BCUT2D eigenvalue weighted by Gasteiger charge is 2.38. The van der Waals surface area contributed by atoms with Crippen LogP contribution in [0, 0.1) is 16.7 Å². The van der Waals surface area contributed by atoms with E-state index >= 15 is 0 Å². The summed E-state index contributed by atoms with van der Waals surface area (Å²) in [4.78, 5) is 253. The number of carboxylic acid groups (broad SMARTS) is 1. The van der Waals surface area contributed by atoms with Crippen LogP contribution in [0.3, 0.4) is 0 Å². The SMILES string of the molecule is CC(C)C[C@H](NC(=O)[C@H](CCCCN)NC(=O)[C@H](CCCNC(=N)N)NC(=O)[C@H](C)NC(=O)[C@H](CO)NC(=O)[C@@H](NC(=O)[C@H](CCCNC(=N)N)NC(=O)[C@H](C)NC(=O)CNC(=O)[C@@H](NC(=O)[C@H](Cc1ccccc1)NC(=O)CNC(=O)CNC(=O)[C@@H](N)Cc1ccccc1)[C@@H](C)O)C(C)N)C(=O)N[C@@H](C)C(=O)N[C@@H](CC(N)=O)C(=O)N[C@@H](CCC(N)=O)C(=O)O. The summed E-state index contributed by atoms with van der Waals surface area (Å²) in [5.74, 6) is -20.8. The highest BCUT2D eigenvalue weighted by Crippen LogP contribution is 2.13. The first-order valence-corrected chi connectivity index (χ1v) is 40.6. The molecule has 0 aliphatic heterocycles. The zero-order valence-electron chi connectivity index (χ0n) is 71.4. The molecule has 0 saturated carbocycles. The lowest BCUT2D eigenvalue weighted by Gasteiger charge is -2.28. The van der Waals surface area contributed by atoms with Gasteiger partial charge in [0, 0.05) is 32.0 Å². The number of aliphatic hydroxyl groups is 2. The van der Waals surface area contributed by atoms with Crippen LogP contribution in [0.25, 0.3) is 0 Å². The van der Waals surface area contributed by atoms with Crippen molar-refractivity contribution >= 4 is 124 Å². The molecule has 16 atom stereocenters. The Morgan fingerprint density at radius 1 is 0.373 bits per heavy atom. The van der Waals surface area contributed by atoms with E-state index in [2.05, 4.69) is 95.7 Å². The molecule has 0 bridgehead atoms. The predicted molar refractivity (Wildman–Crippen MR) is 452 cm³/mol. The van der Waals surface area contributed by atoms with Gasteiger partial charge in [0.05, 0.1) is 44.8 Å². The number of nitrogens with one attached hydrogen (secondary N) is 20. The number of amides is 18. The molecule has 37 N–H and O–H groups in total. The maximum Gasteiger partial charge on any atom is 0.326 e. The van der Waals surface area contributed by atoms with E-state index in [1.165, 1.54) is 20.8 Å². The van der Waals surface area contributed by atoms with Crippen molar-refractivity contribution in [2.75, 3.05) is 45.9 Å². The summed E-state index contributed by atoms with van der Waals surface area (Å²) in [5.41, 5.74) is 40.6. The molecule has 2 rings (SSSR count). The monoisotopic (exact) mass is 1780 g/mol. The highest BCUT2D eigenvalue weighted by molar-refractivity contribution is 6.01. The number of hydrogen-bond acceptors (Lipinski definition) is 26. The number of aliphatic hydroxyl groups excluding tert-OH is 2. The van der Waals surface area contributed by atoms with Gasteiger partial charge in [0.15, 0.2) is 11.9 Å². The third-order valence-corrected chi connectivity index (χ3v) is 18.6. The molecule has 2 aromatic rings. The van der Waals surface area contributed by atoms with Crippen LogP contribution in [0.4, 0.5) is 0 Å². The van der Waals surface area contributed by atoms with E-state index in [-0.39, 0.29) is 83.3 Å². The summed E-state index contributed by atoms with van der Waals surface area (Å²) in [7, 11) is 0. The number of nitrogens with two attached hydrogens (primary N) is 7. The molecule has 49 heteroatoms. The lowest BCUT2D eigenvalue weighted by molar-refractivity contribution is -0.143. The molecule has 700 valence electrons. The molecule has 1 unspecified atom stereocenters. The van der Waals surface area contributed by atoms with Crippen molar-refractivity contribution in [3.63, 3.8) is 0 Å². The van der Waals surface area contributed by atoms with Crippen LogP contribution in [-0.4, -0.2) is 282 Å². The Hall–Kier alpha value is -13.3. The quantitative estimate of drug-likeness (QED) is 0.0166. The molecule has 0 saturated heterocycles. The van der Waals surface area contributed by atoms with Crippen LogP contribution >= 0.6 is 0 Å². The van der Waals surface area contributed by atoms with Gasteiger partial charge in [-0.3, -0.25) is 97.1 Å². The number of carbonyl (C=O) groups is 19. The minimum absolute atomic E-state index is 0.0127.